The second-order valence-corrected chi connectivity index (χ2v) is 10.7. The molecule has 5 unspecified atom stereocenters. The number of amides is 3. The summed E-state index contributed by atoms with van der Waals surface area (Å²) in [4.78, 5) is 65.0. The number of hydrogen-bond donors (Lipinski definition) is 7. The van der Waals surface area contributed by atoms with E-state index in [9.17, 15) is 29.1 Å². The monoisotopic (exact) mass is 577 g/mol. The Morgan fingerprint density at radius 3 is 2.27 bits per heavy atom. The fourth-order valence-electron chi connectivity index (χ4n) is 4.16. The fourth-order valence-corrected chi connectivity index (χ4v) is 4.63. The van der Waals surface area contributed by atoms with Gasteiger partial charge in [-0.15, -0.1) is 0 Å². The van der Waals surface area contributed by atoms with Gasteiger partial charge in [0.2, 0.25) is 17.7 Å². The maximum absolute atomic E-state index is 13.3. The summed E-state index contributed by atoms with van der Waals surface area (Å²) in [6, 6.07) is 3.20. The van der Waals surface area contributed by atoms with Crippen molar-refractivity contribution in [2.75, 3.05) is 12.0 Å². The fraction of sp³-hybridized carbons (Fsp3) is 0.519. The molecular weight excluding hydrogens is 538 g/mol. The third kappa shape index (κ3) is 9.56. The summed E-state index contributed by atoms with van der Waals surface area (Å²) < 4.78 is 0. The van der Waals surface area contributed by atoms with Crippen molar-refractivity contribution in [1.82, 2.24) is 20.9 Å². The molecule has 1 heterocycles. The van der Waals surface area contributed by atoms with Gasteiger partial charge < -0.3 is 36.9 Å². The lowest BCUT2D eigenvalue weighted by molar-refractivity contribution is -0.143. The van der Waals surface area contributed by atoms with Gasteiger partial charge >= 0.3 is 11.9 Å². The molecule has 0 aliphatic rings. The van der Waals surface area contributed by atoms with E-state index in [-0.39, 0.29) is 25.2 Å². The molecule has 0 aliphatic carbocycles. The summed E-state index contributed by atoms with van der Waals surface area (Å²) in [5.41, 5.74) is 7.99. The van der Waals surface area contributed by atoms with Crippen LogP contribution in [0.5, 0.6) is 0 Å². The van der Waals surface area contributed by atoms with Gasteiger partial charge in [0.25, 0.3) is 0 Å². The number of fused-ring (bicyclic) bond motifs is 1. The van der Waals surface area contributed by atoms with E-state index in [2.05, 4.69) is 20.9 Å². The van der Waals surface area contributed by atoms with Crippen LogP contribution in [0.3, 0.4) is 0 Å². The molecule has 0 bridgehead atoms. The van der Waals surface area contributed by atoms with Crippen LogP contribution in [0.15, 0.2) is 30.5 Å². The van der Waals surface area contributed by atoms with Gasteiger partial charge in [-0.05, 0) is 48.8 Å². The second-order valence-electron chi connectivity index (χ2n) is 9.72. The van der Waals surface area contributed by atoms with Gasteiger partial charge in [0, 0.05) is 23.5 Å². The standard InChI is InChI=1S/C27H39N5O7S/c1-4-15(2)23(26(37)31-21(27(38)39)9-10-22(33)34)32-25(36)20(11-12-40-3)30-24(35)18(28)13-16-14-29-19-8-6-5-7-17(16)19/h5-8,14-15,18,20-21,23,29H,4,9-13,28H2,1-3H3,(H,30,35)(H,31,37)(H,32,36)(H,33,34)(H,38,39). The highest BCUT2D eigenvalue weighted by molar-refractivity contribution is 7.98. The predicted molar refractivity (Wildman–Crippen MR) is 153 cm³/mol. The summed E-state index contributed by atoms with van der Waals surface area (Å²) in [6.07, 6.45) is 3.92. The van der Waals surface area contributed by atoms with Crippen LogP contribution in [0.1, 0.15) is 45.1 Å². The number of hydrogen-bond acceptors (Lipinski definition) is 7. The van der Waals surface area contributed by atoms with Crippen molar-refractivity contribution in [2.24, 2.45) is 11.7 Å². The van der Waals surface area contributed by atoms with Gasteiger partial charge in [-0.3, -0.25) is 19.2 Å². The number of aromatic nitrogens is 1. The molecule has 12 nitrogen and oxygen atoms in total. The first kappa shape index (κ1) is 32.6. The highest BCUT2D eigenvalue weighted by Crippen LogP contribution is 2.19. The molecular formula is C27H39N5O7S. The molecule has 0 fully saturated rings. The number of carbonyl (C=O) groups is 5. The van der Waals surface area contributed by atoms with Crippen LogP contribution in [0.2, 0.25) is 0 Å². The van der Waals surface area contributed by atoms with Gasteiger partial charge in [0.05, 0.1) is 6.04 Å². The first-order valence-electron chi connectivity index (χ1n) is 13.1. The Kier molecular flexibility index (Phi) is 12.9. The number of para-hydroxylation sites is 1. The summed E-state index contributed by atoms with van der Waals surface area (Å²) >= 11 is 1.48. The Morgan fingerprint density at radius 1 is 0.975 bits per heavy atom. The van der Waals surface area contributed by atoms with E-state index in [1.165, 1.54) is 11.8 Å². The van der Waals surface area contributed by atoms with Gasteiger partial charge in [-0.25, -0.2) is 4.79 Å². The number of benzene rings is 1. The minimum atomic E-state index is -1.43. The molecule has 0 saturated heterocycles. The highest BCUT2D eigenvalue weighted by atomic mass is 32.2. The Labute approximate surface area is 237 Å². The summed E-state index contributed by atoms with van der Waals surface area (Å²) in [5, 5.41) is 27.0. The molecule has 220 valence electrons. The molecule has 0 aliphatic heterocycles. The Balaban J connectivity index is 2.13. The number of thioether (sulfide) groups is 1. The van der Waals surface area contributed by atoms with E-state index in [0.717, 1.165) is 16.5 Å². The third-order valence-corrected chi connectivity index (χ3v) is 7.39. The number of carboxylic acid groups (broad SMARTS) is 2. The van der Waals surface area contributed by atoms with E-state index >= 15 is 0 Å². The lowest BCUT2D eigenvalue weighted by atomic mass is 9.97. The Morgan fingerprint density at radius 2 is 1.65 bits per heavy atom. The van der Waals surface area contributed by atoms with Gasteiger partial charge in [-0.2, -0.15) is 11.8 Å². The molecule has 3 amide bonds. The lowest BCUT2D eigenvalue weighted by Crippen LogP contribution is -2.58. The van der Waals surface area contributed by atoms with E-state index in [4.69, 9.17) is 10.8 Å². The molecule has 13 heteroatoms. The normalized spacial score (nSPS) is 14.9. The van der Waals surface area contributed by atoms with Crippen LogP contribution >= 0.6 is 11.8 Å². The number of nitrogens with one attached hydrogen (secondary N) is 4. The molecule has 0 saturated carbocycles. The minimum Gasteiger partial charge on any atom is -0.481 e. The topological polar surface area (TPSA) is 204 Å². The maximum atomic E-state index is 13.3. The SMILES string of the molecule is CCC(C)C(NC(=O)C(CCSC)NC(=O)C(N)Cc1c[nH]c2ccccc12)C(=O)NC(CCC(=O)O)C(=O)O. The Bertz CT molecular complexity index is 1190. The molecule has 1 aromatic carbocycles. The van der Waals surface area contributed by atoms with E-state index < -0.39 is 60.2 Å². The number of nitrogens with two attached hydrogens (primary N) is 1. The third-order valence-electron chi connectivity index (χ3n) is 6.75. The van der Waals surface area contributed by atoms with Crippen LogP contribution in [0.25, 0.3) is 10.9 Å². The molecule has 0 spiro atoms. The zero-order valence-corrected chi connectivity index (χ0v) is 23.8. The predicted octanol–water partition coefficient (Wildman–Crippen LogP) is 1.24. The molecule has 1 aromatic heterocycles. The zero-order valence-electron chi connectivity index (χ0n) is 22.9. The average Bonchev–Trinajstić information content (AvgIpc) is 3.33. The number of carbonyl (C=O) groups excluding carboxylic acids is 3. The number of aliphatic carboxylic acids is 2. The molecule has 40 heavy (non-hydrogen) atoms. The van der Waals surface area contributed by atoms with Crippen LogP contribution in [-0.4, -0.2) is 81.0 Å². The number of aromatic amines is 1. The van der Waals surface area contributed by atoms with Gasteiger partial charge in [-0.1, -0.05) is 38.5 Å². The highest BCUT2D eigenvalue weighted by Gasteiger charge is 2.33. The van der Waals surface area contributed by atoms with Crippen molar-refractivity contribution >= 4 is 52.3 Å². The van der Waals surface area contributed by atoms with Gasteiger partial charge in [0.15, 0.2) is 0 Å². The molecule has 2 aromatic rings. The summed E-state index contributed by atoms with van der Waals surface area (Å²) in [7, 11) is 0. The first-order chi connectivity index (χ1) is 19.0. The maximum Gasteiger partial charge on any atom is 0.326 e. The van der Waals surface area contributed by atoms with Crippen molar-refractivity contribution in [2.45, 2.75) is 70.1 Å². The molecule has 8 N–H and O–H groups in total. The number of carboxylic acids is 2. The molecule has 0 radical (unpaired) electrons. The quantitative estimate of drug-likeness (QED) is 0.144. The second kappa shape index (κ2) is 15.9. The summed E-state index contributed by atoms with van der Waals surface area (Å²) in [5.74, 6) is -4.26. The minimum absolute atomic E-state index is 0.248. The van der Waals surface area contributed by atoms with Crippen LogP contribution < -0.4 is 21.7 Å². The molecule has 5 atom stereocenters. The van der Waals surface area contributed by atoms with Crippen molar-refractivity contribution in [1.29, 1.82) is 0 Å². The van der Waals surface area contributed by atoms with E-state index in [1.54, 1.807) is 13.1 Å². The first-order valence-corrected chi connectivity index (χ1v) is 14.5. The summed E-state index contributed by atoms with van der Waals surface area (Å²) in [6.45, 7) is 3.54. The van der Waals surface area contributed by atoms with Crippen molar-refractivity contribution < 1.29 is 34.2 Å². The Hall–Kier alpha value is -3.58. The number of rotatable bonds is 17. The average molecular weight is 578 g/mol. The van der Waals surface area contributed by atoms with Crippen LogP contribution in [0.4, 0.5) is 0 Å². The van der Waals surface area contributed by atoms with E-state index in [0.29, 0.717) is 12.2 Å². The van der Waals surface area contributed by atoms with Crippen molar-refractivity contribution in [3.05, 3.63) is 36.0 Å². The van der Waals surface area contributed by atoms with Crippen LogP contribution in [-0.2, 0) is 30.4 Å². The largest absolute Gasteiger partial charge is 0.481 e. The van der Waals surface area contributed by atoms with Crippen LogP contribution in [0, 0.1) is 5.92 Å². The zero-order chi connectivity index (χ0) is 29.8. The van der Waals surface area contributed by atoms with Crippen molar-refractivity contribution in [3.63, 3.8) is 0 Å². The van der Waals surface area contributed by atoms with Crippen molar-refractivity contribution in [3.8, 4) is 0 Å². The lowest BCUT2D eigenvalue weighted by Gasteiger charge is -2.28. The van der Waals surface area contributed by atoms with E-state index in [1.807, 2.05) is 37.4 Å². The number of H-pyrrole nitrogens is 1. The van der Waals surface area contributed by atoms with Gasteiger partial charge in [0.1, 0.15) is 18.1 Å². The molecule has 2 rings (SSSR count). The smallest absolute Gasteiger partial charge is 0.326 e.